The molecule has 0 bridgehead atoms. The fourth-order valence-electron chi connectivity index (χ4n) is 4.24. The number of pyridine rings is 1. The lowest BCUT2D eigenvalue weighted by Gasteiger charge is -2.37. The van der Waals surface area contributed by atoms with Crippen molar-refractivity contribution in [2.24, 2.45) is 0 Å². The Morgan fingerprint density at radius 1 is 1.11 bits per heavy atom. The van der Waals surface area contributed by atoms with E-state index in [1.165, 1.54) is 6.07 Å². The van der Waals surface area contributed by atoms with E-state index in [0.29, 0.717) is 37.4 Å². The van der Waals surface area contributed by atoms with Crippen LogP contribution in [0.1, 0.15) is 69.8 Å². The molecule has 2 heterocycles. The first-order valence-corrected chi connectivity index (χ1v) is 12.4. The molecule has 0 spiro atoms. The summed E-state index contributed by atoms with van der Waals surface area (Å²) in [5, 5.41) is 0.176. The number of amides is 1. The number of fused-ring (bicyclic) bond motifs is 1. The Bertz CT molecular complexity index is 1170. The van der Waals surface area contributed by atoms with Crippen LogP contribution >= 0.6 is 0 Å². The molecule has 9 heteroatoms. The summed E-state index contributed by atoms with van der Waals surface area (Å²) in [5.74, 6) is -1.19. The number of aromatic nitrogens is 1. The predicted molar refractivity (Wildman–Crippen MR) is 132 cm³/mol. The molecule has 2 fully saturated rings. The van der Waals surface area contributed by atoms with Crippen molar-refractivity contribution in [2.75, 3.05) is 37.7 Å². The number of hydrogen-bond acceptors (Lipinski definition) is 6. The van der Waals surface area contributed by atoms with Crippen LogP contribution in [0.4, 0.5) is 14.9 Å². The molecule has 0 atom stereocenters. The van der Waals surface area contributed by atoms with E-state index < -0.39 is 22.8 Å². The zero-order valence-corrected chi connectivity index (χ0v) is 20.9. The molecule has 1 aliphatic heterocycles. The smallest absolute Gasteiger partial charge is 0.410 e. The van der Waals surface area contributed by atoms with Crippen molar-refractivity contribution in [3.05, 3.63) is 39.9 Å². The van der Waals surface area contributed by atoms with Gasteiger partial charge in [-0.2, -0.15) is 0 Å². The van der Waals surface area contributed by atoms with Gasteiger partial charge in [-0.3, -0.25) is 4.79 Å². The molecule has 1 saturated carbocycles. The van der Waals surface area contributed by atoms with E-state index in [1.807, 2.05) is 37.2 Å². The Morgan fingerprint density at radius 3 is 2.40 bits per heavy atom. The van der Waals surface area contributed by atoms with Gasteiger partial charge in [-0.1, -0.05) is 13.3 Å². The monoisotopic (exact) mass is 487 g/mol. The number of hydrogen-bond donors (Lipinski definition) is 0. The third-order valence-electron chi connectivity index (χ3n) is 6.26. The standard InChI is InChI=1S/C26H34FN3O5/c1-5-6-13-34-24(32)19-16-30(17-7-8-17)21-15-22(20(27)14-18(21)23(19)31)28-9-11-29(12-10-28)25(33)35-26(2,3)4/h14-17H,5-13H2,1-4H3. The largest absolute Gasteiger partial charge is 0.462 e. The molecule has 4 rings (SSSR count). The Hall–Kier alpha value is -3.10. The second-order valence-electron chi connectivity index (χ2n) is 10.3. The van der Waals surface area contributed by atoms with E-state index in [1.54, 1.807) is 17.2 Å². The number of carbonyl (C=O) groups excluding carboxylic acids is 2. The third-order valence-corrected chi connectivity index (χ3v) is 6.26. The van der Waals surface area contributed by atoms with Crippen molar-refractivity contribution < 1.29 is 23.5 Å². The highest BCUT2D eigenvalue weighted by atomic mass is 19.1. The summed E-state index contributed by atoms with van der Waals surface area (Å²) in [6.45, 7) is 9.40. The summed E-state index contributed by atoms with van der Waals surface area (Å²) in [6, 6.07) is 3.09. The number of rotatable bonds is 6. The summed E-state index contributed by atoms with van der Waals surface area (Å²) in [4.78, 5) is 41.6. The average Bonchev–Trinajstić information content (AvgIpc) is 3.64. The van der Waals surface area contributed by atoms with Gasteiger partial charge in [-0.05, 0) is 52.2 Å². The fraction of sp³-hybridized carbons (Fsp3) is 0.577. The molecule has 1 aromatic heterocycles. The van der Waals surface area contributed by atoms with Gasteiger partial charge in [0, 0.05) is 43.8 Å². The van der Waals surface area contributed by atoms with Crippen LogP contribution in [0.3, 0.4) is 0 Å². The molecule has 190 valence electrons. The van der Waals surface area contributed by atoms with Crippen LogP contribution in [0.5, 0.6) is 0 Å². The van der Waals surface area contributed by atoms with Crippen molar-refractivity contribution in [1.29, 1.82) is 0 Å². The molecular formula is C26H34FN3O5. The summed E-state index contributed by atoms with van der Waals surface area (Å²) in [6.07, 6.45) is 4.65. The number of esters is 1. The topological polar surface area (TPSA) is 81.1 Å². The zero-order valence-electron chi connectivity index (χ0n) is 20.9. The first-order chi connectivity index (χ1) is 16.6. The van der Waals surface area contributed by atoms with E-state index >= 15 is 4.39 Å². The molecule has 8 nitrogen and oxygen atoms in total. The number of carbonyl (C=O) groups is 2. The highest BCUT2D eigenvalue weighted by Gasteiger charge is 2.30. The second-order valence-corrected chi connectivity index (χ2v) is 10.3. The lowest BCUT2D eigenvalue weighted by molar-refractivity contribution is 0.0240. The SMILES string of the molecule is CCCCOC(=O)c1cn(C2CC2)c2cc(N3CCN(C(=O)OC(C)(C)C)CC3)c(F)cc2c1=O. The van der Waals surface area contributed by atoms with E-state index in [9.17, 15) is 14.4 Å². The van der Waals surface area contributed by atoms with Gasteiger partial charge in [0.1, 0.15) is 17.0 Å². The van der Waals surface area contributed by atoms with E-state index in [4.69, 9.17) is 9.47 Å². The maximum atomic E-state index is 15.3. The Labute approximate surface area is 204 Å². The summed E-state index contributed by atoms with van der Waals surface area (Å²) >= 11 is 0. The maximum Gasteiger partial charge on any atom is 0.410 e. The van der Waals surface area contributed by atoms with Crippen molar-refractivity contribution >= 4 is 28.7 Å². The number of ether oxygens (including phenoxy) is 2. The van der Waals surface area contributed by atoms with Crippen molar-refractivity contribution in [1.82, 2.24) is 9.47 Å². The zero-order chi connectivity index (χ0) is 25.3. The number of halogens is 1. The minimum absolute atomic E-state index is 0.0568. The first-order valence-electron chi connectivity index (χ1n) is 12.4. The molecule has 2 aliphatic rings. The van der Waals surface area contributed by atoms with Crippen LogP contribution in [0.25, 0.3) is 10.9 Å². The van der Waals surface area contributed by atoms with Gasteiger partial charge in [0.25, 0.3) is 0 Å². The third kappa shape index (κ3) is 5.60. The van der Waals surface area contributed by atoms with Gasteiger partial charge in [0.2, 0.25) is 5.43 Å². The van der Waals surface area contributed by atoms with Crippen LogP contribution in [0.2, 0.25) is 0 Å². The minimum Gasteiger partial charge on any atom is -0.462 e. The number of anilines is 1. The van der Waals surface area contributed by atoms with E-state index in [0.717, 1.165) is 25.7 Å². The van der Waals surface area contributed by atoms with Crippen molar-refractivity contribution in [2.45, 2.75) is 65.0 Å². The molecule has 35 heavy (non-hydrogen) atoms. The fourth-order valence-corrected chi connectivity index (χ4v) is 4.24. The molecule has 0 unspecified atom stereocenters. The Kier molecular flexibility index (Phi) is 7.05. The van der Waals surface area contributed by atoms with Gasteiger partial charge < -0.3 is 23.8 Å². The lowest BCUT2D eigenvalue weighted by atomic mass is 10.1. The highest BCUT2D eigenvalue weighted by molar-refractivity contribution is 5.94. The molecule has 0 N–H and O–H groups in total. The first kappa shape index (κ1) is 25.0. The van der Waals surface area contributed by atoms with E-state index in [-0.39, 0.29) is 29.7 Å². The normalized spacial score (nSPS) is 16.5. The number of nitrogens with zero attached hydrogens (tertiary/aromatic N) is 3. The lowest BCUT2D eigenvalue weighted by Crippen LogP contribution is -2.50. The van der Waals surface area contributed by atoms with Crippen LogP contribution in [-0.4, -0.2) is 59.9 Å². The predicted octanol–water partition coefficient (Wildman–Crippen LogP) is 4.49. The van der Waals surface area contributed by atoms with E-state index in [2.05, 4.69) is 0 Å². The van der Waals surface area contributed by atoms with Crippen LogP contribution in [0, 0.1) is 5.82 Å². The second kappa shape index (κ2) is 9.87. The van der Waals surface area contributed by atoms with Gasteiger partial charge in [-0.15, -0.1) is 0 Å². The number of benzene rings is 1. The Morgan fingerprint density at radius 2 is 1.80 bits per heavy atom. The number of unbranched alkanes of at least 4 members (excludes halogenated alkanes) is 1. The summed E-state index contributed by atoms with van der Waals surface area (Å²) < 4.78 is 27.9. The minimum atomic E-state index is -0.664. The summed E-state index contributed by atoms with van der Waals surface area (Å²) in [5.41, 5.74) is -0.161. The maximum absolute atomic E-state index is 15.3. The molecule has 1 amide bonds. The van der Waals surface area contributed by atoms with Crippen molar-refractivity contribution in [3.63, 3.8) is 0 Å². The van der Waals surface area contributed by atoms with Crippen LogP contribution in [-0.2, 0) is 9.47 Å². The summed E-state index contributed by atoms with van der Waals surface area (Å²) in [7, 11) is 0. The molecule has 1 aromatic carbocycles. The van der Waals surface area contributed by atoms with Gasteiger partial charge in [0.05, 0.1) is 17.8 Å². The molecular weight excluding hydrogens is 453 g/mol. The van der Waals surface area contributed by atoms with Gasteiger partial charge >= 0.3 is 12.1 Å². The molecule has 0 radical (unpaired) electrons. The Balaban J connectivity index is 1.61. The average molecular weight is 488 g/mol. The molecule has 1 saturated heterocycles. The number of piperazine rings is 1. The van der Waals surface area contributed by atoms with Gasteiger partial charge in [0.15, 0.2) is 0 Å². The van der Waals surface area contributed by atoms with Gasteiger partial charge in [-0.25, -0.2) is 14.0 Å². The molecule has 1 aliphatic carbocycles. The highest BCUT2D eigenvalue weighted by Crippen LogP contribution is 2.38. The van der Waals surface area contributed by atoms with Crippen LogP contribution < -0.4 is 10.3 Å². The van der Waals surface area contributed by atoms with Crippen LogP contribution in [0.15, 0.2) is 23.1 Å². The van der Waals surface area contributed by atoms with Crippen molar-refractivity contribution in [3.8, 4) is 0 Å². The molecule has 2 aromatic rings. The quantitative estimate of drug-likeness (QED) is 0.441.